The third-order valence-corrected chi connectivity index (χ3v) is 2.78. The Balaban J connectivity index is 2.32. The van der Waals surface area contributed by atoms with Gasteiger partial charge in [-0.15, -0.1) is 0 Å². The van der Waals surface area contributed by atoms with Crippen LogP contribution in [0.3, 0.4) is 0 Å². The maximum atomic E-state index is 13.8. The van der Waals surface area contributed by atoms with Gasteiger partial charge in [-0.1, -0.05) is 15.9 Å². The zero-order chi connectivity index (χ0) is 13.0. The van der Waals surface area contributed by atoms with Gasteiger partial charge < -0.3 is 11.1 Å². The van der Waals surface area contributed by atoms with Gasteiger partial charge in [-0.3, -0.25) is 0 Å². The number of nitrogens with two attached hydrogens (primary N) is 1. The molecule has 3 N–H and O–H groups in total. The lowest BCUT2D eigenvalue weighted by molar-refractivity contribution is 0.630. The molecule has 1 aromatic heterocycles. The molecule has 0 aliphatic carbocycles. The van der Waals surface area contributed by atoms with Crippen molar-refractivity contribution < 1.29 is 4.39 Å². The standard InChI is InChI=1S/C12H12BrFN4/c13-8-1-2-9(10(14)7-8)11-3-5-16-12(18-11)17-6-4-15/h1-3,5,7H,4,6,15H2,(H,16,17,18). The highest BCUT2D eigenvalue weighted by Gasteiger charge is 2.07. The lowest BCUT2D eigenvalue weighted by Gasteiger charge is -2.06. The molecule has 6 heteroatoms. The first-order chi connectivity index (χ1) is 8.70. The second-order valence-electron chi connectivity index (χ2n) is 3.61. The molecule has 4 nitrogen and oxygen atoms in total. The molecule has 0 aliphatic rings. The van der Waals surface area contributed by atoms with Crippen LogP contribution in [0.1, 0.15) is 0 Å². The maximum Gasteiger partial charge on any atom is 0.223 e. The second kappa shape index (κ2) is 5.88. The summed E-state index contributed by atoms with van der Waals surface area (Å²) in [6.45, 7) is 1.06. The van der Waals surface area contributed by atoms with E-state index in [1.165, 1.54) is 6.07 Å². The smallest absolute Gasteiger partial charge is 0.223 e. The summed E-state index contributed by atoms with van der Waals surface area (Å²) in [5.41, 5.74) is 6.36. The van der Waals surface area contributed by atoms with Crippen LogP contribution in [-0.2, 0) is 0 Å². The minimum Gasteiger partial charge on any atom is -0.353 e. The number of nitrogens with one attached hydrogen (secondary N) is 1. The molecule has 2 rings (SSSR count). The highest BCUT2D eigenvalue weighted by molar-refractivity contribution is 9.10. The number of rotatable bonds is 4. The maximum absolute atomic E-state index is 13.8. The average molecular weight is 311 g/mol. The van der Waals surface area contributed by atoms with Crippen molar-refractivity contribution in [2.45, 2.75) is 0 Å². The normalized spacial score (nSPS) is 10.4. The Bertz CT molecular complexity index is 547. The molecule has 1 aromatic carbocycles. The summed E-state index contributed by atoms with van der Waals surface area (Å²) in [5.74, 6) is 0.119. The fraction of sp³-hybridized carbons (Fsp3) is 0.167. The van der Waals surface area contributed by atoms with E-state index in [1.807, 2.05) is 0 Å². The first-order valence-corrected chi connectivity index (χ1v) is 6.22. The van der Waals surface area contributed by atoms with Crippen molar-refractivity contribution in [2.75, 3.05) is 18.4 Å². The Morgan fingerprint density at radius 1 is 1.33 bits per heavy atom. The zero-order valence-corrected chi connectivity index (χ0v) is 11.1. The van der Waals surface area contributed by atoms with Crippen molar-refractivity contribution in [2.24, 2.45) is 5.73 Å². The van der Waals surface area contributed by atoms with E-state index in [1.54, 1.807) is 24.4 Å². The molecular formula is C12H12BrFN4. The van der Waals surface area contributed by atoms with Crippen LogP contribution in [0.25, 0.3) is 11.3 Å². The Morgan fingerprint density at radius 2 is 2.17 bits per heavy atom. The number of halogens is 2. The van der Waals surface area contributed by atoms with E-state index in [4.69, 9.17) is 5.73 Å². The first kappa shape index (κ1) is 12.9. The van der Waals surface area contributed by atoms with Gasteiger partial charge in [0.05, 0.1) is 5.69 Å². The van der Waals surface area contributed by atoms with Crippen LogP contribution in [0.4, 0.5) is 10.3 Å². The van der Waals surface area contributed by atoms with Crippen LogP contribution in [0.15, 0.2) is 34.9 Å². The lowest BCUT2D eigenvalue weighted by atomic mass is 10.1. The molecule has 0 saturated heterocycles. The minimum atomic E-state index is -0.326. The molecular weight excluding hydrogens is 299 g/mol. The Morgan fingerprint density at radius 3 is 2.89 bits per heavy atom. The van der Waals surface area contributed by atoms with E-state index >= 15 is 0 Å². The van der Waals surface area contributed by atoms with E-state index in [-0.39, 0.29) is 5.82 Å². The van der Waals surface area contributed by atoms with E-state index in [9.17, 15) is 4.39 Å². The summed E-state index contributed by atoms with van der Waals surface area (Å²) in [4.78, 5) is 8.28. The van der Waals surface area contributed by atoms with Crippen molar-refractivity contribution in [1.82, 2.24) is 9.97 Å². The second-order valence-corrected chi connectivity index (χ2v) is 4.52. The van der Waals surface area contributed by atoms with Gasteiger partial charge in [-0.25, -0.2) is 14.4 Å². The van der Waals surface area contributed by atoms with Crippen molar-refractivity contribution >= 4 is 21.9 Å². The van der Waals surface area contributed by atoms with Crippen molar-refractivity contribution in [3.63, 3.8) is 0 Å². The summed E-state index contributed by atoms with van der Waals surface area (Å²) >= 11 is 3.22. The molecule has 2 aromatic rings. The van der Waals surface area contributed by atoms with Gasteiger partial charge in [0.25, 0.3) is 0 Å². The largest absolute Gasteiger partial charge is 0.353 e. The van der Waals surface area contributed by atoms with Crippen LogP contribution >= 0.6 is 15.9 Å². The zero-order valence-electron chi connectivity index (χ0n) is 9.53. The third-order valence-electron chi connectivity index (χ3n) is 2.29. The van der Waals surface area contributed by atoms with Gasteiger partial charge in [0, 0.05) is 29.3 Å². The van der Waals surface area contributed by atoms with Crippen LogP contribution < -0.4 is 11.1 Å². The highest BCUT2D eigenvalue weighted by Crippen LogP contribution is 2.24. The molecule has 0 radical (unpaired) electrons. The molecule has 0 spiro atoms. The van der Waals surface area contributed by atoms with E-state index in [2.05, 4.69) is 31.2 Å². The number of hydrogen-bond donors (Lipinski definition) is 2. The Kier molecular flexibility index (Phi) is 4.22. The van der Waals surface area contributed by atoms with Gasteiger partial charge in [0.15, 0.2) is 0 Å². The third kappa shape index (κ3) is 3.02. The van der Waals surface area contributed by atoms with Crippen LogP contribution in [0, 0.1) is 5.82 Å². The van der Waals surface area contributed by atoms with Gasteiger partial charge in [0.2, 0.25) is 5.95 Å². The van der Waals surface area contributed by atoms with Crippen molar-refractivity contribution in [3.8, 4) is 11.3 Å². The summed E-state index contributed by atoms with van der Waals surface area (Å²) < 4.78 is 14.5. The summed E-state index contributed by atoms with van der Waals surface area (Å²) in [6, 6.07) is 6.52. The molecule has 0 amide bonds. The number of hydrogen-bond acceptors (Lipinski definition) is 4. The number of nitrogens with zero attached hydrogens (tertiary/aromatic N) is 2. The topological polar surface area (TPSA) is 63.8 Å². The predicted molar refractivity (Wildman–Crippen MR) is 72.7 cm³/mol. The van der Waals surface area contributed by atoms with Gasteiger partial charge in [0.1, 0.15) is 5.82 Å². The molecule has 18 heavy (non-hydrogen) atoms. The SMILES string of the molecule is NCCNc1nccc(-c2ccc(Br)cc2F)n1. The van der Waals surface area contributed by atoms with Crippen molar-refractivity contribution in [3.05, 3.63) is 40.8 Å². The monoisotopic (exact) mass is 310 g/mol. The molecule has 0 unspecified atom stereocenters. The van der Waals surface area contributed by atoms with E-state index in [0.717, 1.165) is 0 Å². The summed E-state index contributed by atoms with van der Waals surface area (Å²) in [5, 5.41) is 2.96. The molecule has 0 bridgehead atoms. The highest BCUT2D eigenvalue weighted by atomic mass is 79.9. The number of benzene rings is 1. The van der Waals surface area contributed by atoms with Gasteiger partial charge in [-0.05, 0) is 24.3 Å². The van der Waals surface area contributed by atoms with Gasteiger partial charge >= 0.3 is 0 Å². The average Bonchev–Trinajstić information content (AvgIpc) is 2.36. The molecule has 94 valence electrons. The van der Waals surface area contributed by atoms with Gasteiger partial charge in [-0.2, -0.15) is 0 Å². The Hall–Kier alpha value is -1.53. The number of anilines is 1. The molecule has 0 aliphatic heterocycles. The number of aromatic nitrogens is 2. The summed E-state index contributed by atoms with van der Waals surface area (Å²) in [6.07, 6.45) is 1.59. The van der Waals surface area contributed by atoms with E-state index in [0.29, 0.717) is 34.8 Å². The quantitative estimate of drug-likeness (QED) is 0.910. The summed E-state index contributed by atoms with van der Waals surface area (Å²) in [7, 11) is 0. The van der Waals surface area contributed by atoms with Crippen LogP contribution in [0.2, 0.25) is 0 Å². The van der Waals surface area contributed by atoms with Crippen LogP contribution in [0.5, 0.6) is 0 Å². The molecule has 0 saturated carbocycles. The fourth-order valence-electron chi connectivity index (χ4n) is 1.48. The first-order valence-electron chi connectivity index (χ1n) is 5.43. The molecule has 0 fully saturated rings. The Labute approximate surface area is 113 Å². The van der Waals surface area contributed by atoms with Crippen molar-refractivity contribution in [1.29, 1.82) is 0 Å². The predicted octanol–water partition coefficient (Wildman–Crippen LogP) is 2.42. The molecule has 0 atom stereocenters. The lowest BCUT2D eigenvalue weighted by Crippen LogP contribution is -2.14. The van der Waals surface area contributed by atoms with E-state index < -0.39 is 0 Å². The minimum absolute atomic E-state index is 0.326. The molecule has 1 heterocycles. The fourth-order valence-corrected chi connectivity index (χ4v) is 1.81. The van der Waals surface area contributed by atoms with Crippen LogP contribution in [-0.4, -0.2) is 23.1 Å².